The first-order valence-electron chi connectivity index (χ1n) is 5.41. The summed E-state index contributed by atoms with van der Waals surface area (Å²) in [6.45, 7) is 2.03. The van der Waals surface area contributed by atoms with Gasteiger partial charge in [-0.05, 0) is 25.0 Å². The Morgan fingerprint density at radius 1 is 1.25 bits per heavy atom. The van der Waals surface area contributed by atoms with Gasteiger partial charge in [-0.25, -0.2) is 5.01 Å². The summed E-state index contributed by atoms with van der Waals surface area (Å²) in [6.07, 6.45) is 3.67. The van der Waals surface area contributed by atoms with Crippen molar-refractivity contribution in [3.8, 4) is 0 Å². The van der Waals surface area contributed by atoms with Gasteiger partial charge in [0.15, 0.2) is 11.5 Å². The van der Waals surface area contributed by atoms with Crippen LogP contribution in [0.15, 0.2) is 12.1 Å². The molecule has 0 saturated carbocycles. The lowest BCUT2D eigenvalue weighted by atomic mass is 10.2. The molecule has 3 N–H and O–H groups in total. The maximum absolute atomic E-state index is 10.8. The lowest BCUT2D eigenvalue weighted by Crippen LogP contribution is -2.35. The number of piperidine rings is 1. The largest absolute Gasteiger partial charge is 0.364 e. The molecule has 1 amide bonds. The first kappa shape index (κ1) is 10.8. The SMILES string of the molecule is NC(=O)c1ccc(NN2CCCCC2)nn1. The molecule has 2 heterocycles. The number of aromatic nitrogens is 2. The quantitative estimate of drug-likeness (QED) is 0.771. The summed E-state index contributed by atoms with van der Waals surface area (Å²) >= 11 is 0. The van der Waals surface area contributed by atoms with Crippen LogP contribution in [0.3, 0.4) is 0 Å². The van der Waals surface area contributed by atoms with E-state index in [1.165, 1.54) is 19.3 Å². The molecule has 2 rings (SSSR count). The van der Waals surface area contributed by atoms with Gasteiger partial charge in [-0.3, -0.25) is 4.79 Å². The predicted octanol–water partition coefficient (Wildman–Crippen LogP) is 0.388. The van der Waals surface area contributed by atoms with Crippen molar-refractivity contribution >= 4 is 11.7 Å². The minimum Gasteiger partial charge on any atom is -0.364 e. The lowest BCUT2D eigenvalue weighted by molar-refractivity contribution is 0.0994. The fraction of sp³-hybridized carbons (Fsp3) is 0.500. The van der Waals surface area contributed by atoms with Crippen LogP contribution in [0.1, 0.15) is 29.8 Å². The fourth-order valence-electron chi connectivity index (χ4n) is 1.69. The third-order valence-electron chi connectivity index (χ3n) is 2.55. The second-order valence-electron chi connectivity index (χ2n) is 3.83. The van der Waals surface area contributed by atoms with Gasteiger partial charge in [0.1, 0.15) is 0 Å². The lowest BCUT2D eigenvalue weighted by Gasteiger charge is -2.26. The first-order chi connectivity index (χ1) is 7.75. The number of nitrogens with two attached hydrogens (primary N) is 1. The Bertz CT molecular complexity index is 358. The average Bonchev–Trinajstić information content (AvgIpc) is 2.31. The van der Waals surface area contributed by atoms with Gasteiger partial charge >= 0.3 is 0 Å². The van der Waals surface area contributed by atoms with Gasteiger partial charge in [0.2, 0.25) is 0 Å². The Kier molecular flexibility index (Phi) is 3.31. The van der Waals surface area contributed by atoms with Gasteiger partial charge < -0.3 is 11.2 Å². The minimum absolute atomic E-state index is 0.184. The summed E-state index contributed by atoms with van der Waals surface area (Å²) < 4.78 is 0. The molecule has 1 aromatic heterocycles. The molecule has 0 bridgehead atoms. The molecule has 1 aliphatic heterocycles. The van der Waals surface area contributed by atoms with Crippen LogP contribution in [0.2, 0.25) is 0 Å². The molecular formula is C10H15N5O. The van der Waals surface area contributed by atoms with Crippen LogP contribution in [0.4, 0.5) is 5.82 Å². The zero-order valence-corrected chi connectivity index (χ0v) is 9.02. The highest BCUT2D eigenvalue weighted by molar-refractivity contribution is 5.90. The molecule has 6 nitrogen and oxygen atoms in total. The van der Waals surface area contributed by atoms with Crippen molar-refractivity contribution in [2.45, 2.75) is 19.3 Å². The number of nitrogens with zero attached hydrogens (tertiary/aromatic N) is 3. The Hall–Kier alpha value is -1.69. The third kappa shape index (κ3) is 2.66. The normalized spacial score (nSPS) is 17.0. The first-order valence-corrected chi connectivity index (χ1v) is 5.41. The smallest absolute Gasteiger partial charge is 0.269 e. The third-order valence-corrected chi connectivity index (χ3v) is 2.55. The molecule has 0 aromatic carbocycles. The van der Waals surface area contributed by atoms with E-state index in [0.717, 1.165) is 13.1 Å². The number of carbonyl (C=O) groups excluding carboxylic acids is 1. The van der Waals surface area contributed by atoms with Crippen LogP contribution in [-0.2, 0) is 0 Å². The van der Waals surface area contributed by atoms with E-state index in [2.05, 4.69) is 20.6 Å². The number of hydrazine groups is 1. The highest BCUT2D eigenvalue weighted by Crippen LogP contribution is 2.10. The van der Waals surface area contributed by atoms with Gasteiger partial charge in [-0.2, -0.15) is 0 Å². The molecule has 1 aliphatic rings. The monoisotopic (exact) mass is 221 g/mol. The van der Waals surface area contributed by atoms with E-state index < -0.39 is 5.91 Å². The molecule has 16 heavy (non-hydrogen) atoms. The van der Waals surface area contributed by atoms with E-state index in [1.807, 2.05) is 0 Å². The van der Waals surface area contributed by atoms with Crippen molar-refractivity contribution in [1.29, 1.82) is 0 Å². The molecule has 0 unspecified atom stereocenters. The Balaban J connectivity index is 1.96. The molecular weight excluding hydrogens is 206 g/mol. The summed E-state index contributed by atoms with van der Waals surface area (Å²) in [7, 11) is 0. The van der Waals surface area contributed by atoms with Crippen molar-refractivity contribution in [3.63, 3.8) is 0 Å². The maximum Gasteiger partial charge on any atom is 0.269 e. The van der Waals surface area contributed by atoms with E-state index in [9.17, 15) is 4.79 Å². The number of amides is 1. The minimum atomic E-state index is -0.558. The number of carbonyl (C=O) groups is 1. The van der Waals surface area contributed by atoms with Crippen molar-refractivity contribution in [2.24, 2.45) is 5.73 Å². The van der Waals surface area contributed by atoms with Gasteiger partial charge in [-0.15, -0.1) is 10.2 Å². The number of hydrogen-bond acceptors (Lipinski definition) is 5. The maximum atomic E-state index is 10.8. The molecule has 0 atom stereocenters. The number of hydrogen-bond donors (Lipinski definition) is 2. The summed E-state index contributed by atoms with van der Waals surface area (Å²) in [5, 5.41) is 9.73. The van der Waals surface area contributed by atoms with Crippen LogP contribution >= 0.6 is 0 Å². The van der Waals surface area contributed by atoms with Gasteiger partial charge in [0.25, 0.3) is 5.91 Å². The van der Waals surface area contributed by atoms with Crippen LogP contribution in [0.5, 0.6) is 0 Å². The van der Waals surface area contributed by atoms with Crippen molar-refractivity contribution in [3.05, 3.63) is 17.8 Å². The number of anilines is 1. The Morgan fingerprint density at radius 2 is 2.00 bits per heavy atom. The predicted molar refractivity (Wildman–Crippen MR) is 59.6 cm³/mol. The van der Waals surface area contributed by atoms with Crippen LogP contribution in [-0.4, -0.2) is 34.2 Å². The summed E-state index contributed by atoms with van der Waals surface area (Å²) in [5.74, 6) is 0.0870. The highest BCUT2D eigenvalue weighted by atomic mass is 16.1. The molecule has 6 heteroatoms. The molecule has 1 fully saturated rings. The topological polar surface area (TPSA) is 84.1 Å². The van der Waals surface area contributed by atoms with Crippen LogP contribution in [0, 0.1) is 0 Å². The fourth-order valence-corrected chi connectivity index (χ4v) is 1.69. The second-order valence-corrected chi connectivity index (χ2v) is 3.83. The number of rotatable bonds is 3. The van der Waals surface area contributed by atoms with Crippen molar-refractivity contribution in [1.82, 2.24) is 15.2 Å². The molecule has 1 aromatic rings. The van der Waals surface area contributed by atoms with Gasteiger partial charge in [0, 0.05) is 13.1 Å². The molecule has 0 aliphatic carbocycles. The summed E-state index contributed by atoms with van der Waals surface area (Å²) in [4.78, 5) is 10.8. The molecule has 0 radical (unpaired) electrons. The summed E-state index contributed by atoms with van der Waals surface area (Å²) in [6, 6.07) is 3.28. The van der Waals surface area contributed by atoms with E-state index >= 15 is 0 Å². The van der Waals surface area contributed by atoms with Crippen LogP contribution < -0.4 is 11.2 Å². The molecule has 86 valence electrons. The van der Waals surface area contributed by atoms with Gasteiger partial charge in [0.05, 0.1) is 0 Å². The zero-order valence-electron chi connectivity index (χ0n) is 9.02. The van der Waals surface area contributed by atoms with E-state index in [4.69, 9.17) is 5.73 Å². The molecule has 0 spiro atoms. The van der Waals surface area contributed by atoms with Gasteiger partial charge in [-0.1, -0.05) is 6.42 Å². The average molecular weight is 221 g/mol. The second kappa shape index (κ2) is 4.89. The zero-order chi connectivity index (χ0) is 11.4. The standard InChI is InChI=1S/C10H15N5O/c11-10(16)8-4-5-9(13-12-8)14-15-6-2-1-3-7-15/h4-5H,1-3,6-7H2,(H2,11,16)(H,13,14). The number of primary amides is 1. The van der Waals surface area contributed by atoms with Crippen LogP contribution in [0.25, 0.3) is 0 Å². The van der Waals surface area contributed by atoms with Crippen molar-refractivity contribution in [2.75, 3.05) is 18.5 Å². The highest BCUT2D eigenvalue weighted by Gasteiger charge is 2.10. The Labute approximate surface area is 93.8 Å². The van der Waals surface area contributed by atoms with E-state index in [1.54, 1.807) is 12.1 Å². The molecule has 1 saturated heterocycles. The van der Waals surface area contributed by atoms with E-state index in [-0.39, 0.29) is 5.69 Å². The Morgan fingerprint density at radius 3 is 2.56 bits per heavy atom. The van der Waals surface area contributed by atoms with E-state index in [0.29, 0.717) is 5.82 Å². The van der Waals surface area contributed by atoms with Crippen molar-refractivity contribution < 1.29 is 4.79 Å². The summed E-state index contributed by atoms with van der Waals surface area (Å²) in [5.41, 5.74) is 8.41. The number of nitrogens with one attached hydrogen (secondary N) is 1.